The number of phosphoric ester groups is 1. The lowest BCUT2D eigenvalue weighted by Gasteiger charge is -2.20. The van der Waals surface area contributed by atoms with Crippen LogP contribution in [0, 0.1) is 0 Å². The monoisotopic (exact) mass is 859 g/mol. The van der Waals surface area contributed by atoms with Crippen LogP contribution in [0.25, 0.3) is 0 Å². The summed E-state index contributed by atoms with van der Waals surface area (Å²) in [6, 6.07) is 0. The molecule has 0 aliphatic carbocycles. The molecule has 0 aliphatic heterocycles. The van der Waals surface area contributed by atoms with Gasteiger partial charge < -0.3 is 29.7 Å². The third-order valence-corrected chi connectivity index (χ3v) is 9.14. The van der Waals surface area contributed by atoms with Gasteiger partial charge in [-0.1, -0.05) is 148 Å². The molecule has 4 N–H and O–H groups in total. The third-order valence-electron chi connectivity index (χ3n) is 8.19. The summed E-state index contributed by atoms with van der Waals surface area (Å²) in [6.45, 7) is 1.95. The first kappa shape index (κ1) is 56.3. The Labute approximate surface area is 360 Å². The van der Waals surface area contributed by atoms with Crippen LogP contribution in [-0.4, -0.2) is 76.9 Å². The second-order valence-corrected chi connectivity index (χ2v) is 15.3. The van der Waals surface area contributed by atoms with Crippen molar-refractivity contribution in [3.63, 3.8) is 0 Å². The fraction of sp³-hybridized carbons (Fsp3) is 0.542. The van der Waals surface area contributed by atoms with Crippen LogP contribution in [0.4, 0.5) is 0 Å². The molecule has 0 aromatic rings. The van der Waals surface area contributed by atoms with Gasteiger partial charge in [0.05, 0.1) is 25.9 Å². The zero-order valence-electron chi connectivity index (χ0n) is 36.2. The highest BCUT2D eigenvalue weighted by Gasteiger charge is 2.27. The van der Waals surface area contributed by atoms with Crippen LogP contribution >= 0.6 is 7.82 Å². The quantitative estimate of drug-likeness (QED) is 0.0153. The van der Waals surface area contributed by atoms with Crippen molar-refractivity contribution >= 4 is 19.8 Å². The summed E-state index contributed by atoms with van der Waals surface area (Å²) in [5.41, 5.74) is 0. The van der Waals surface area contributed by atoms with Crippen LogP contribution in [0.1, 0.15) is 123 Å². The number of esters is 2. The Balaban J connectivity index is 4.63. The number of ether oxygens (including phenoxy) is 2. The first-order valence-corrected chi connectivity index (χ1v) is 23.1. The normalized spacial score (nSPS) is 15.5. The summed E-state index contributed by atoms with van der Waals surface area (Å²) in [4.78, 5) is 34.9. The average molecular weight is 859 g/mol. The molecule has 4 atom stereocenters. The Bertz CT molecular complexity index is 1420. The molecular weight excluding hydrogens is 783 g/mol. The second kappa shape index (κ2) is 42.0. The van der Waals surface area contributed by atoms with E-state index in [9.17, 15) is 29.3 Å². The van der Waals surface area contributed by atoms with Crippen molar-refractivity contribution < 1.29 is 52.9 Å². The minimum absolute atomic E-state index is 0.0254. The van der Waals surface area contributed by atoms with E-state index in [4.69, 9.17) is 19.1 Å². The SMILES string of the molecule is CC/C=C\C/C=C\C/C=C\C/C=C\C/C=C\C/C=C\CCC(=O)OC[C@H](COP(=O)(O)OC[C@@H](O)CO)OC(=O)CCC/C=C/C=C\C(O)C/C=C\C/C=C\CCCCC. The minimum atomic E-state index is -4.68. The van der Waals surface area contributed by atoms with E-state index in [2.05, 4.69) is 91.3 Å². The summed E-state index contributed by atoms with van der Waals surface area (Å²) in [5, 5.41) is 28.5. The molecule has 2 unspecified atom stereocenters. The summed E-state index contributed by atoms with van der Waals surface area (Å²) in [7, 11) is -4.68. The predicted molar refractivity (Wildman–Crippen MR) is 243 cm³/mol. The average Bonchev–Trinajstić information content (AvgIpc) is 3.23. The Morgan fingerprint density at radius 1 is 0.583 bits per heavy atom. The Morgan fingerprint density at radius 2 is 1.12 bits per heavy atom. The van der Waals surface area contributed by atoms with E-state index < -0.39 is 64.5 Å². The van der Waals surface area contributed by atoms with Crippen LogP contribution in [0.15, 0.2) is 122 Å². The number of carbonyl (C=O) groups excluding carboxylic acids is 2. The van der Waals surface area contributed by atoms with Crippen LogP contribution < -0.4 is 0 Å². The number of aliphatic hydroxyl groups excluding tert-OH is 3. The van der Waals surface area contributed by atoms with Crippen molar-refractivity contribution in [2.45, 2.75) is 141 Å². The molecule has 12 heteroatoms. The zero-order valence-corrected chi connectivity index (χ0v) is 37.1. The number of unbranched alkanes of at least 4 members (excludes halogenated alkanes) is 4. The van der Waals surface area contributed by atoms with E-state index in [1.807, 2.05) is 30.4 Å². The number of aliphatic hydroxyl groups is 3. The van der Waals surface area contributed by atoms with E-state index in [0.29, 0.717) is 25.7 Å². The maximum absolute atomic E-state index is 12.6. The van der Waals surface area contributed by atoms with Gasteiger partial charge in [0, 0.05) is 12.8 Å². The molecule has 60 heavy (non-hydrogen) atoms. The van der Waals surface area contributed by atoms with Gasteiger partial charge in [0.2, 0.25) is 0 Å². The number of hydrogen-bond acceptors (Lipinski definition) is 10. The Hall–Kier alpha value is -3.67. The lowest BCUT2D eigenvalue weighted by atomic mass is 10.2. The highest BCUT2D eigenvalue weighted by atomic mass is 31.2. The molecule has 0 saturated carbocycles. The highest BCUT2D eigenvalue weighted by molar-refractivity contribution is 7.47. The third kappa shape index (κ3) is 41.1. The molecule has 0 saturated heterocycles. The fourth-order valence-corrected chi connectivity index (χ4v) is 5.64. The maximum atomic E-state index is 12.6. The van der Waals surface area contributed by atoms with Crippen molar-refractivity contribution in [2.24, 2.45) is 0 Å². The van der Waals surface area contributed by atoms with E-state index >= 15 is 0 Å². The largest absolute Gasteiger partial charge is 0.472 e. The molecule has 0 amide bonds. The molecular formula is C48H75O11P. The van der Waals surface area contributed by atoms with Gasteiger partial charge in [0.25, 0.3) is 0 Å². The van der Waals surface area contributed by atoms with E-state index in [-0.39, 0.29) is 12.8 Å². The van der Waals surface area contributed by atoms with Crippen molar-refractivity contribution in [3.8, 4) is 0 Å². The molecule has 0 aliphatic rings. The number of rotatable bonds is 38. The van der Waals surface area contributed by atoms with Crippen LogP contribution in [0.5, 0.6) is 0 Å². The molecule has 0 aromatic heterocycles. The standard InChI is InChI=1S/C48H75O11P/c1-3-5-7-9-11-13-14-15-16-17-18-19-20-21-22-24-26-30-34-38-47(52)56-42-46(43-58-60(54,55)57-41-45(51)40-49)59-48(53)39-35-31-27-29-33-37-44(50)36-32-28-25-23-12-10-8-6-4-2/h5,7,11-13,15-16,18-19,21-23,26-30,32-33,37,44-46,49-51H,3-4,6,8-10,14,17,20,24-25,31,34-36,38-43H2,1-2H3,(H,54,55)/b7-5-,13-11-,16-15-,19-18-,22-21-,23-12-,29-27+,30-26-,32-28-,37-33-/t44?,45-,46+/m0/s1. The minimum Gasteiger partial charge on any atom is -0.462 e. The Kier molecular flexibility index (Phi) is 39.5. The lowest BCUT2D eigenvalue weighted by Crippen LogP contribution is -2.29. The molecule has 0 heterocycles. The highest BCUT2D eigenvalue weighted by Crippen LogP contribution is 2.43. The van der Waals surface area contributed by atoms with Crippen molar-refractivity contribution in [2.75, 3.05) is 26.4 Å². The predicted octanol–water partition coefficient (Wildman–Crippen LogP) is 10.5. The molecule has 338 valence electrons. The Morgan fingerprint density at radius 3 is 1.70 bits per heavy atom. The van der Waals surface area contributed by atoms with Gasteiger partial charge in [-0.3, -0.25) is 18.6 Å². The van der Waals surface area contributed by atoms with Gasteiger partial charge in [0.15, 0.2) is 6.10 Å². The first-order valence-electron chi connectivity index (χ1n) is 21.6. The topological polar surface area (TPSA) is 169 Å². The molecule has 0 spiro atoms. The molecule has 0 aromatic carbocycles. The van der Waals surface area contributed by atoms with Gasteiger partial charge in [-0.15, -0.1) is 0 Å². The summed E-state index contributed by atoms with van der Waals surface area (Å²) in [5.74, 6) is -1.17. The van der Waals surface area contributed by atoms with E-state index in [1.165, 1.54) is 19.3 Å². The molecule has 0 fully saturated rings. The second-order valence-electron chi connectivity index (χ2n) is 13.8. The molecule has 11 nitrogen and oxygen atoms in total. The number of carbonyl (C=O) groups is 2. The van der Waals surface area contributed by atoms with E-state index in [1.54, 1.807) is 18.2 Å². The van der Waals surface area contributed by atoms with Gasteiger partial charge in [0.1, 0.15) is 12.7 Å². The van der Waals surface area contributed by atoms with Gasteiger partial charge in [-0.05, 0) is 83.5 Å². The van der Waals surface area contributed by atoms with Crippen LogP contribution in [0.2, 0.25) is 0 Å². The van der Waals surface area contributed by atoms with Gasteiger partial charge >= 0.3 is 19.8 Å². The van der Waals surface area contributed by atoms with Crippen molar-refractivity contribution in [1.82, 2.24) is 0 Å². The summed E-state index contributed by atoms with van der Waals surface area (Å²) < 4.78 is 32.5. The zero-order chi connectivity index (χ0) is 44.2. The maximum Gasteiger partial charge on any atom is 0.472 e. The van der Waals surface area contributed by atoms with Crippen molar-refractivity contribution in [3.05, 3.63) is 122 Å². The first-order chi connectivity index (χ1) is 29.1. The summed E-state index contributed by atoms with van der Waals surface area (Å²) in [6.07, 6.45) is 50.6. The summed E-state index contributed by atoms with van der Waals surface area (Å²) >= 11 is 0. The van der Waals surface area contributed by atoms with Crippen molar-refractivity contribution in [1.29, 1.82) is 0 Å². The molecule has 0 bridgehead atoms. The number of phosphoric acid groups is 1. The lowest BCUT2D eigenvalue weighted by molar-refractivity contribution is -0.161. The van der Waals surface area contributed by atoms with E-state index in [0.717, 1.165) is 51.4 Å². The van der Waals surface area contributed by atoms with Crippen LogP contribution in [0.3, 0.4) is 0 Å². The van der Waals surface area contributed by atoms with Gasteiger partial charge in [-0.2, -0.15) is 0 Å². The smallest absolute Gasteiger partial charge is 0.462 e. The van der Waals surface area contributed by atoms with Crippen LogP contribution in [-0.2, 0) is 32.7 Å². The molecule has 0 radical (unpaired) electrons. The molecule has 0 rings (SSSR count). The fourth-order valence-electron chi connectivity index (χ4n) is 4.85. The van der Waals surface area contributed by atoms with Gasteiger partial charge in [-0.25, -0.2) is 4.57 Å². The number of allylic oxidation sites excluding steroid dienone is 18. The number of hydrogen-bond donors (Lipinski definition) is 4.